The number of carbonyl (C=O) groups is 5. The average Bonchev–Trinajstić information content (AvgIpc) is 2.85. The number of aliphatic hydroxyl groups is 1. The van der Waals surface area contributed by atoms with Gasteiger partial charge in [-0.05, 0) is 71.4 Å². The van der Waals surface area contributed by atoms with Crippen LogP contribution in [-0.2, 0) is 24.0 Å². The van der Waals surface area contributed by atoms with E-state index in [1.165, 1.54) is 13.8 Å². The molecule has 0 aliphatic heterocycles. The van der Waals surface area contributed by atoms with Crippen molar-refractivity contribution >= 4 is 29.9 Å². The van der Waals surface area contributed by atoms with Crippen LogP contribution < -0.4 is 38.5 Å². The van der Waals surface area contributed by atoms with E-state index in [1.54, 1.807) is 0 Å². The summed E-state index contributed by atoms with van der Waals surface area (Å²) in [6.45, 7) is 7.47. The number of unbranched alkanes of at least 4 members (excludes halogenated alkanes) is 2. The third kappa shape index (κ3) is 14.4. The molecule has 38 heavy (non-hydrogen) atoms. The SMILES string of the molecule is CC(C)C[C@H](NC(=O)[C@H](C)NC(=O)[C@H](CCCCN)NC(=O)[C@@H](N)CCCCN)C(=O)N[C@H](C=O)[C@@H](C)O. The Bertz CT molecular complexity index is 750. The van der Waals surface area contributed by atoms with Gasteiger partial charge in [0.15, 0.2) is 0 Å². The van der Waals surface area contributed by atoms with Gasteiger partial charge in [0, 0.05) is 0 Å². The Morgan fingerprint density at radius 2 is 1.26 bits per heavy atom. The third-order valence-corrected chi connectivity index (χ3v) is 5.95. The monoisotopic (exact) mass is 543 g/mol. The van der Waals surface area contributed by atoms with Gasteiger partial charge in [-0.3, -0.25) is 19.2 Å². The lowest BCUT2D eigenvalue weighted by molar-refractivity contribution is -0.134. The van der Waals surface area contributed by atoms with Crippen LogP contribution in [-0.4, -0.2) is 84.4 Å². The molecule has 0 spiro atoms. The lowest BCUT2D eigenvalue weighted by Gasteiger charge is -2.26. The van der Waals surface area contributed by atoms with E-state index in [0.29, 0.717) is 51.5 Å². The van der Waals surface area contributed by atoms with E-state index in [2.05, 4.69) is 21.3 Å². The minimum atomic E-state index is -1.12. The summed E-state index contributed by atoms with van der Waals surface area (Å²) < 4.78 is 0. The van der Waals surface area contributed by atoms with Gasteiger partial charge in [0.2, 0.25) is 23.6 Å². The van der Waals surface area contributed by atoms with E-state index in [-0.39, 0.29) is 12.3 Å². The van der Waals surface area contributed by atoms with Crippen molar-refractivity contribution in [1.29, 1.82) is 0 Å². The maximum absolute atomic E-state index is 13.0. The van der Waals surface area contributed by atoms with E-state index in [9.17, 15) is 29.1 Å². The van der Waals surface area contributed by atoms with Gasteiger partial charge in [-0.2, -0.15) is 0 Å². The van der Waals surface area contributed by atoms with Gasteiger partial charge < -0.3 is 48.4 Å². The zero-order valence-electron chi connectivity index (χ0n) is 23.2. The summed E-state index contributed by atoms with van der Waals surface area (Å²) in [5.74, 6) is -2.26. The Morgan fingerprint density at radius 3 is 1.76 bits per heavy atom. The molecule has 13 nitrogen and oxygen atoms in total. The molecule has 13 heteroatoms. The van der Waals surface area contributed by atoms with E-state index < -0.39 is 59.9 Å². The Hall–Kier alpha value is -2.61. The van der Waals surface area contributed by atoms with Gasteiger partial charge in [0.05, 0.1) is 12.1 Å². The molecule has 0 aromatic rings. The van der Waals surface area contributed by atoms with Crippen molar-refractivity contribution in [3.8, 4) is 0 Å². The molecule has 0 saturated carbocycles. The van der Waals surface area contributed by atoms with Gasteiger partial charge in [0.25, 0.3) is 0 Å². The maximum atomic E-state index is 13.0. The van der Waals surface area contributed by atoms with Crippen molar-refractivity contribution in [2.24, 2.45) is 23.1 Å². The molecule has 0 fully saturated rings. The number of hydrogen-bond donors (Lipinski definition) is 8. The number of aldehydes is 1. The highest BCUT2D eigenvalue weighted by Crippen LogP contribution is 2.07. The molecule has 220 valence electrons. The molecular weight excluding hydrogens is 494 g/mol. The van der Waals surface area contributed by atoms with Crippen LogP contribution in [0.4, 0.5) is 0 Å². The van der Waals surface area contributed by atoms with Crippen LogP contribution in [0.15, 0.2) is 0 Å². The van der Waals surface area contributed by atoms with Gasteiger partial charge in [-0.25, -0.2) is 0 Å². The Morgan fingerprint density at radius 1 is 0.737 bits per heavy atom. The van der Waals surface area contributed by atoms with Crippen molar-refractivity contribution in [2.75, 3.05) is 13.1 Å². The summed E-state index contributed by atoms with van der Waals surface area (Å²) in [4.78, 5) is 62.3. The van der Waals surface area contributed by atoms with Crippen LogP contribution >= 0.6 is 0 Å². The maximum Gasteiger partial charge on any atom is 0.243 e. The Balaban J connectivity index is 5.31. The molecule has 0 aliphatic carbocycles. The molecule has 0 saturated heterocycles. The first-order chi connectivity index (χ1) is 17.9. The van der Waals surface area contributed by atoms with Crippen LogP contribution in [0.5, 0.6) is 0 Å². The lowest BCUT2D eigenvalue weighted by atomic mass is 10.0. The zero-order valence-corrected chi connectivity index (χ0v) is 23.2. The number of aliphatic hydroxyl groups excluding tert-OH is 1. The first-order valence-corrected chi connectivity index (χ1v) is 13.4. The molecule has 0 rings (SSSR count). The number of nitrogens with one attached hydrogen (secondary N) is 4. The van der Waals surface area contributed by atoms with Crippen LogP contribution in [0.3, 0.4) is 0 Å². The molecule has 0 aromatic carbocycles. The summed E-state index contributed by atoms with van der Waals surface area (Å²) in [5, 5.41) is 19.9. The van der Waals surface area contributed by atoms with Crippen molar-refractivity contribution in [3.05, 3.63) is 0 Å². The van der Waals surface area contributed by atoms with E-state index in [4.69, 9.17) is 17.2 Å². The minimum Gasteiger partial charge on any atom is -0.391 e. The standard InChI is InChI=1S/C25H49N7O6/c1-15(2)13-20(25(38)32-21(14-33)17(4)34)31-22(35)16(3)29-24(37)19(10-6-8-12-27)30-23(36)18(28)9-5-7-11-26/h14-21,34H,5-13,26-28H2,1-4H3,(H,29,37)(H,30,36)(H,31,35)(H,32,38)/t16-,17+,18-,19-,20-,21+/m0/s1. The molecular formula is C25H49N7O6. The average molecular weight is 544 g/mol. The summed E-state index contributed by atoms with van der Waals surface area (Å²) >= 11 is 0. The molecule has 0 bridgehead atoms. The van der Waals surface area contributed by atoms with Crippen molar-refractivity contribution in [2.45, 2.75) is 109 Å². The summed E-state index contributed by atoms with van der Waals surface area (Å²) in [6, 6.07) is -4.85. The second kappa shape index (κ2) is 19.5. The molecule has 0 radical (unpaired) electrons. The van der Waals surface area contributed by atoms with Gasteiger partial charge in [-0.15, -0.1) is 0 Å². The van der Waals surface area contributed by atoms with E-state index >= 15 is 0 Å². The van der Waals surface area contributed by atoms with Crippen LogP contribution in [0, 0.1) is 5.92 Å². The number of rotatable bonds is 20. The van der Waals surface area contributed by atoms with Gasteiger partial charge >= 0.3 is 0 Å². The quantitative estimate of drug-likeness (QED) is 0.0635. The zero-order chi connectivity index (χ0) is 29.3. The van der Waals surface area contributed by atoms with E-state index in [0.717, 1.165) is 6.42 Å². The molecule has 0 heterocycles. The van der Waals surface area contributed by atoms with Crippen LogP contribution in [0.25, 0.3) is 0 Å². The smallest absolute Gasteiger partial charge is 0.243 e. The highest BCUT2D eigenvalue weighted by molar-refractivity contribution is 5.94. The predicted molar refractivity (Wildman–Crippen MR) is 144 cm³/mol. The molecule has 6 atom stereocenters. The highest BCUT2D eigenvalue weighted by atomic mass is 16.3. The Kier molecular flexibility index (Phi) is 18.1. The van der Waals surface area contributed by atoms with Crippen molar-refractivity contribution < 1.29 is 29.1 Å². The summed E-state index contributed by atoms with van der Waals surface area (Å²) in [5.41, 5.74) is 17.0. The van der Waals surface area contributed by atoms with Crippen molar-refractivity contribution in [3.63, 3.8) is 0 Å². The second-order valence-electron chi connectivity index (χ2n) is 10.1. The first kappa shape index (κ1) is 35.4. The molecule has 0 aromatic heterocycles. The number of hydrogen-bond acceptors (Lipinski definition) is 9. The minimum absolute atomic E-state index is 0.0216. The number of carbonyl (C=O) groups excluding carboxylic acids is 5. The van der Waals surface area contributed by atoms with Crippen molar-refractivity contribution in [1.82, 2.24) is 21.3 Å². The molecule has 4 amide bonds. The first-order valence-electron chi connectivity index (χ1n) is 13.4. The topological polar surface area (TPSA) is 232 Å². The fourth-order valence-corrected chi connectivity index (χ4v) is 3.59. The normalized spacial score (nSPS) is 15.9. The molecule has 0 aliphatic rings. The van der Waals surface area contributed by atoms with Gasteiger partial charge in [0.1, 0.15) is 30.5 Å². The second-order valence-corrected chi connectivity index (χ2v) is 10.1. The predicted octanol–water partition coefficient (Wildman–Crippen LogP) is -1.84. The van der Waals surface area contributed by atoms with Crippen LogP contribution in [0.2, 0.25) is 0 Å². The summed E-state index contributed by atoms with van der Waals surface area (Å²) in [6.07, 6.45) is 2.97. The largest absolute Gasteiger partial charge is 0.391 e. The van der Waals surface area contributed by atoms with Gasteiger partial charge in [-0.1, -0.05) is 20.3 Å². The summed E-state index contributed by atoms with van der Waals surface area (Å²) in [7, 11) is 0. The lowest BCUT2D eigenvalue weighted by Crippen LogP contribution is -2.58. The third-order valence-electron chi connectivity index (χ3n) is 5.95. The number of amides is 4. The fraction of sp³-hybridized carbons (Fsp3) is 0.800. The number of nitrogens with two attached hydrogens (primary N) is 3. The van der Waals surface area contributed by atoms with E-state index in [1.807, 2.05) is 13.8 Å². The van der Waals surface area contributed by atoms with Crippen LogP contribution in [0.1, 0.15) is 72.6 Å². The highest BCUT2D eigenvalue weighted by Gasteiger charge is 2.30. The Labute approximate surface area is 225 Å². The molecule has 0 unspecified atom stereocenters. The fourth-order valence-electron chi connectivity index (χ4n) is 3.59. The molecule has 11 N–H and O–H groups in total.